The van der Waals surface area contributed by atoms with Crippen molar-refractivity contribution in [2.45, 2.75) is 13.8 Å². The van der Waals surface area contributed by atoms with E-state index in [1.165, 1.54) is 0 Å². The van der Waals surface area contributed by atoms with E-state index in [2.05, 4.69) is 5.73 Å². The van der Waals surface area contributed by atoms with Crippen molar-refractivity contribution in [2.75, 3.05) is 0 Å². The topological polar surface area (TPSA) is 71.7 Å². The van der Waals surface area contributed by atoms with Gasteiger partial charge < -0.3 is 10.8 Å². The summed E-state index contributed by atoms with van der Waals surface area (Å²) in [6, 6.07) is 6.72. The standard InChI is InChI=1S/C7H6N2O.C2H6/c8-4-5-2-1-3-6(9)7(5)10;1-2/h1-3,10H,9H2;1-2H3/p+1. The van der Waals surface area contributed by atoms with Crippen LogP contribution in [0.2, 0.25) is 0 Å². The molecule has 0 bridgehead atoms. The zero-order chi connectivity index (χ0) is 9.56. The second-order valence-corrected chi connectivity index (χ2v) is 1.93. The summed E-state index contributed by atoms with van der Waals surface area (Å²) in [5.41, 5.74) is 4.28. The highest BCUT2D eigenvalue weighted by molar-refractivity contribution is 5.54. The number of benzene rings is 1. The fourth-order valence-electron chi connectivity index (χ4n) is 0.682. The number of quaternary nitrogens is 1. The van der Waals surface area contributed by atoms with E-state index in [9.17, 15) is 0 Å². The lowest BCUT2D eigenvalue weighted by molar-refractivity contribution is -0.256. The molecule has 0 fully saturated rings. The van der Waals surface area contributed by atoms with Gasteiger partial charge in [0.15, 0.2) is 11.4 Å². The molecule has 0 atom stereocenters. The minimum absolute atomic E-state index is 0.0231. The molecule has 1 rings (SSSR count). The Morgan fingerprint density at radius 2 is 2.00 bits per heavy atom. The first-order chi connectivity index (χ1) is 5.75. The third-order valence-corrected chi connectivity index (χ3v) is 1.24. The average Bonchev–Trinajstić information content (AvgIpc) is 2.13. The molecule has 0 spiro atoms. The lowest BCUT2D eigenvalue weighted by Crippen LogP contribution is -2.40. The molecule has 1 aromatic rings. The first kappa shape index (κ1) is 10.5. The number of nitrogens with zero attached hydrogens (tertiary/aromatic N) is 1. The highest BCUT2D eigenvalue weighted by Crippen LogP contribution is 2.21. The van der Waals surface area contributed by atoms with Crippen LogP contribution in [-0.4, -0.2) is 5.11 Å². The third-order valence-electron chi connectivity index (χ3n) is 1.24. The molecule has 0 heterocycles. The summed E-state index contributed by atoms with van der Waals surface area (Å²) in [6.45, 7) is 4.00. The average molecular weight is 165 g/mol. The van der Waals surface area contributed by atoms with Crippen LogP contribution in [0.5, 0.6) is 5.75 Å². The second kappa shape index (κ2) is 5.16. The number of rotatable bonds is 0. The molecule has 4 N–H and O–H groups in total. The summed E-state index contributed by atoms with van der Waals surface area (Å²) in [6.07, 6.45) is 0. The Morgan fingerprint density at radius 3 is 2.42 bits per heavy atom. The third kappa shape index (κ3) is 2.26. The van der Waals surface area contributed by atoms with E-state index in [1.54, 1.807) is 18.2 Å². The Labute approximate surface area is 72.1 Å². The van der Waals surface area contributed by atoms with Crippen molar-refractivity contribution in [2.24, 2.45) is 0 Å². The number of aromatic hydroxyl groups is 1. The Hall–Kier alpha value is -1.53. The van der Waals surface area contributed by atoms with E-state index in [0.29, 0.717) is 5.69 Å². The molecule has 12 heavy (non-hydrogen) atoms. The summed E-state index contributed by atoms with van der Waals surface area (Å²) in [5, 5.41) is 17.5. The zero-order valence-electron chi connectivity index (χ0n) is 7.33. The Bertz CT molecular complexity index is 289. The van der Waals surface area contributed by atoms with E-state index in [0.717, 1.165) is 0 Å². The van der Waals surface area contributed by atoms with Gasteiger partial charge in [-0.3, -0.25) is 0 Å². The molecule has 0 radical (unpaired) electrons. The minimum Gasteiger partial charge on any atom is -0.502 e. The minimum atomic E-state index is -0.0231. The quantitative estimate of drug-likeness (QED) is 0.605. The molecule has 3 nitrogen and oxygen atoms in total. The van der Waals surface area contributed by atoms with Gasteiger partial charge in [-0.05, 0) is 6.07 Å². The van der Waals surface area contributed by atoms with Crippen LogP contribution in [0.1, 0.15) is 19.4 Å². The van der Waals surface area contributed by atoms with E-state index in [-0.39, 0.29) is 11.3 Å². The van der Waals surface area contributed by atoms with Crippen molar-refractivity contribution in [3.05, 3.63) is 23.8 Å². The highest BCUT2D eigenvalue weighted by Gasteiger charge is 2.03. The molecule has 0 aliphatic rings. The van der Waals surface area contributed by atoms with E-state index in [4.69, 9.17) is 10.4 Å². The first-order valence-corrected chi connectivity index (χ1v) is 3.79. The summed E-state index contributed by atoms with van der Waals surface area (Å²) >= 11 is 0. The molecular weight excluding hydrogens is 152 g/mol. The van der Waals surface area contributed by atoms with Gasteiger partial charge in [0, 0.05) is 6.07 Å². The van der Waals surface area contributed by atoms with Crippen molar-refractivity contribution >= 4 is 5.69 Å². The summed E-state index contributed by atoms with van der Waals surface area (Å²) in [7, 11) is 0. The maximum Gasteiger partial charge on any atom is 0.195 e. The van der Waals surface area contributed by atoms with Crippen LogP contribution >= 0.6 is 0 Å². The van der Waals surface area contributed by atoms with Crippen molar-refractivity contribution in [1.82, 2.24) is 0 Å². The summed E-state index contributed by atoms with van der Waals surface area (Å²) < 4.78 is 0. The highest BCUT2D eigenvalue weighted by atomic mass is 16.3. The van der Waals surface area contributed by atoms with Crippen LogP contribution in [-0.2, 0) is 0 Å². The monoisotopic (exact) mass is 165 g/mol. The predicted octanol–water partition coefficient (Wildman–Crippen LogP) is 1.16. The SMILES string of the molecule is CC.N#Cc1cccc([NH3+])c1O. The van der Waals surface area contributed by atoms with Gasteiger partial charge in [0.2, 0.25) is 0 Å². The number of nitriles is 1. The van der Waals surface area contributed by atoms with Gasteiger partial charge >= 0.3 is 0 Å². The van der Waals surface area contributed by atoms with E-state index < -0.39 is 0 Å². The molecule has 0 saturated carbocycles. The van der Waals surface area contributed by atoms with E-state index in [1.807, 2.05) is 19.9 Å². The molecule has 64 valence electrons. The van der Waals surface area contributed by atoms with Crippen LogP contribution in [0.15, 0.2) is 18.2 Å². The molecule has 0 aliphatic carbocycles. The largest absolute Gasteiger partial charge is 0.502 e. The first-order valence-electron chi connectivity index (χ1n) is 3.79. The number of para-hydroxylation sites is 1. The van der Waals surface area contributed by atoms with Gasteiger partial charge in [-0.1, -0.05) is 19.9 Å². The molecule has 0 saturated heterocycles. The van der Waals surface area contributed by atoms with Crippen LogP contribution in [0, 0.1) is 11.3 Å². The molecule has 3 heteroatoms. The van der Waals surface area contributed by atoms with Crippen LogP contribution in [0.4, 0.5) is 5.69 Å². The fourth-order valence-corrected chi connectivity index (χ4v) is 0.682. The smallest absolute Gasteiger partial charge is 0.195 e. The molecule has 0 unspecified atom stereocenters. The number of phenolic OH excluding ortho intramolecular Hbond substituents is 1. The molecular formula is C9H13N2O+. The number of hydrogen-bond donors (Lipinski definition) is 2. The van der Waals surface area contributed by atoms with Crippen LogP contribution in [0.3, 0.4) is 0 Å². The number of hydrogen-bond acceptors (Lipinski definition) is 2. The molecule has 0 aromatic heterocycles. The number of phenols is 1. The van der Waals surface area contributed by atoms with Crippen molar-refractivity contribution in [3.63, 3.8) is 0 Å². The van der Waals surface area contributed by atoms with Crippen molar-refractivity contribution in [3.8, 4) is 11.8 Å². The van der Waals surface area contributed by atoms with Crippen molar-refractivity contribution < 1.29 is 10.8 Å². The maximum absolute atomic E-state index is 9.11. The zero-order valence-corrected chi connectivity index (χ0v) is 7.33. The lowest BCUT2D eigenvalue weighted by Gasteiger charge is -1.93. The van der Waals surface area contributed by atoms with Crippen LogP contribution < -0.4 is 5.73 Å². The Morgan fingerprint density at radius 1 is 1.42 bits per heavy atom. The van der Waals surface area contributed by atoms with Crippen molar-refractivity contribution in [1.29, 1.82) is 5.26 Å². The van der Waals surface area contributed by atoms with Gasteiger partial charge in [-0.2, -0.15) is 5.26 Å². The molecule has 0 aliphatic heterocycles. The van der Waals surface area contributed by atoms with Crippen LogP contribution in [0.25, 0.3) is 0 Å². The normalized spacial score (nSPS) is 7.83. The van der Waals surface area contributed by atoms with Gasteiger partial charge in [0.05, 0.1) is 0 Å². The Balaban J connectivity index is 0.000000561. The summed E-state index contributed by atoms with van der Waals surface area (Å²) in [4.78, 5) is 0. The second-order valence-electron chi connectivity index (χ2n) is 1.93. The van der Waals surface area contributed by atoms with Gasteiger partial charge in [0.25, 0.3) is 0 Å². The fraction of sp³-hybridized carbons (Fsp3) is 0.222. The van der Waals surface area contributed by atoms with E-state index >= 15 is 0 Å². The molecule has 1 aromatic carbocycles. The lowest BCUT2D eigenvalue weighted by atomic mass is 10.2. The Kier molecular flexibility index (Phi) is 4.51. The predicted molar refractivity (Wildman–Crippen MR) is 46.7 cm³/mol. The van der Waals surface area contributed by atoms with Gasteiger partial charge in [-0.15, -0.1) is 0 Å². The maximum atomic E-state index is 9.11. The van der Waals surface area contributed by atoms with Gasteiger partial charge in [0.1, 0.15) is 11.6 Å². The van der Waals surface area contributed by atoms with Gasteiger partial charge in [-0.25, -0.2) is 0 Å². The molecule has 0 amide bonds. The summed E-state index contributed by atoms with van der Waals surface area (Å²) in [5.74, 6) is -0.0231.